The molecule has 0 spiro atoms. The fraction of sp³-hybridized carbons (Fsp3) is 0.462. The number of carbonyl (C=O) groups excluding carboxylic acids is 1. The molecule has 0 saturated carbocycles. The minimum Gasteiger partial charge on any atom is -0.490 e. The molecule has 1 heterocycles. The lowest BCUT2D eigenvalue weighted by molar-refractivity contribution is -0.0112. The first-order valence-electron chi connectivity index (χ1n) is 5.90. The zero-order chi connectivity index (χ0) is 12.1. The van der Waals surface area contributed by atoms with E-state index in [0.717, 1.165) is 19.4 Å². The lowest BCUT2D eigenvalue weighted by Gasteiger charge is -2.23. The van der Waals surface area contributed by atoms with Crippen molar-refractivity contribution in [3.63, 3.8) is 0 Å². The van der Waals surface area contributed by atoms with Crippen molar-refractivity contribution in [2.75, 3.05) is 13.2 Å². The summed E-state index contributed by atoms with van der Waals surface area (Å²) in [6, 6.07) is 7.01. The fourth-order valence-electron chi connectivity index (χ4n) is 1.92. The van der Waals surface area contributed by atoms with Crippen LogP contribution < -0.4 is 10.5 Å². The van der Waals surface area contributed by atoms with Crippen LogP contribution >= 0.6 is 0 Å². The van der Waals surface area contributed by atoms with Crippen molar-refractivity contribution in [1.29, 1.82) is 0 Å². The van der Waals surface area contributed by atoms with Gasteiger partial charge in [-0.15, -0.1) is 0 Å². The van der Waals surface area contributed by atoms with Crippen LogP contribution in [0.1, 0.15) is 29.6 Å². The summed E-state index contributed by atoms with van der Waals surface area (Å²) in [5.74, 6) is 0.0688. The molecular weight excluding hydrogens is 218 g/mol. The lowest BCUT2D eigenvalue weighted by atomic mass is 10.1. The van der Waals surface area contributed by atoms with E-state index in [2.05, 4.69) is 0 Å². The molecule has 1 aromatic rings. The van der Waals surface area contributed by atoms with E-state index in [1.807, 2.05) is 6.07 Å². The standard InChI is InChI=1S/C13H17NO3/c14-13(15)11-6-1-2-7-12(11)17-9-10-5-3-4-8-16-10/h1-2,6-7,10H,3-5,8-9H2,(H2,14,15). The number of para-hydroxylation sites is 1. The van der Waals surface area contributed by atoms with Crippen LogP contribution in [0.25, 0.3) is 0 Å². The summed E-state index contributed by atoms with van der Waals surface area (Å²) >= 11 is 0. The summed E-state index contributed by atoms with van der Waals surface area (Å²) < 4.78 is 11.2. The number of rotatable bonds is 4. The van der Waals surface area contributed by atoms with E-state index in [0.29, 0.717) is 17.9 Å². The average Bonchev–Trinajstić information content (AvgIpc) is 2.38. The van der Waals surface area contributed by atoms with Gasteiger partial charge in [0.25, 0.3) is 5.91 Å². The van der Waals surface area contributed by atoms with Gasteiger partial charge in [-0.25, -0.2) is 0 Å². The number of nitrogens with two attached hydrogens (primary N) is 1. The van der Waals surface area contributed by atoms with Gasteiger partial charge in [-0.05, 0) is 31.4 Å². The summed E-state index contributed by atoms with van der Waals surface area (Å²) in [4.78, 5) is 11.2. The Bertz CT molecular complexity index is 386. The molecule has 1 fully saturated rings. The summed E-state index contributed by atoms with van der Waals surface area (Å²) in [7, 11) is 0. The summed E-state index contributed by atoms with van der Waals surface area (Å²) in [5.41, 5.74) is 5.69. The molecule has 0 aromatic heterocycles. The van der Waals surface area contributed by atoms with Crippen LogP contribution in [-0.2, 0) is 4.74 Å². The third-order valence-electron chi connectivity index (χ3n) is 2.85. The van der Waals surface area contributed by atoms with Crippen LogP contribution in [-0.4, -0.2) is 25.2 Å². The number of hydrogen-bond acceptors (Lipinski definition) is 3. The van der Waals surface area contributed by atoms with Crippen LogP contribution in [0, 0.1) is 0 Å². The highest BCUT2D eigenvalue weighted by molar-refractivity contribution is 5.95. The van der Waals surface area contributed by atoms with Crippen LogP contribution in [0.3, 0.4) is 0 Å². The summed E-state index contributed by atoms with van der Waals surface area (Å²) in [6.07, 6.45) is 3.43. The van der Waals surface area contributed by atoms with E-state index >= 15 is 0 Å². The Balaban J connectivity index is 1.96. The van der Waals surface area contributed by atoms with Crippen LogP contribution in [0.15, 0.2) is 24.3 Å². The topological polar surface area (TPSA) is 61.6 Å². The molecule has 1 unspecified atom stereocenters. The third-order valence-corrected chi connectivity index (χ3v) is 2.85. The SMILES string of the molecule is NC(=O)c1ccccc1OCC1CCCCO1. The molecule has 17 heavy (non-hydrogen) atoms. The third kappa shape index (κ3) is 3.20. The van der Waals surface area contributed by atoms with E-state index < -0.39 is 5.91 Å². The van der Waals surface area contributed by atoms with Gasteiger partial charge < -0.3 is 15.2 Å². The number of benzene rings is 1. The highest BCUT2D eigenvalue weighted by Gasteiger charge is 2.16. The summed E-state index contributed by atoms with van der Waals surface area (Å²) in [6.45, 7) is 1.27. The first-order valence-corrected chi connectivity index (χ1v) is 5.90. The molecule has 4 nitrogen and oxygen atoms in total. The predicted molar refractivity (Wildman–Crippen MR) is 64.0 cm³/mol. The molecule has 1 aromatic carbocycles. The second-order valence-corrected chi connectivity index (χ2v) is 4.16. The van der Waals surface area contributed by atoms with Crippen molar-refractivity contribution in [2.45, 2.75) is 25.4 Å². The van der Waals surface area contributed by atoms with Crippen molar-refractivity contribution >= 4 is 5.91 Å². The van der Waals surface area contributed by atoms with Gasteiger partial charge >= 0.3 is 0 Å². The predicted octanol–water partition coefficient (Wildman–Crippen LogP) is 1.73. The second kappa shape index (κ2) is 5.68. The Kier molecular flexibility index (Phi) is 3.98. The minimum absolute atomic E-state index is 0.129. The van der Waals surface area contributed by atoms with Gasteiger partial charge in [0, 0.05) is 6.61 Å². The molecule has 4 heteroatoms. The second-order valence-electron chi connectivity index (χ2n) is 4.16. The first kappa shape index (κ1) is 11.9. The Morgan fingerprint density at radius 3 is 2.94 bits per heavy atom. The molecule has 0 radical (unpaired) electrons. The van der Waals surface area contributed by atoms with Gasteiger partial charge in [-0.1, -0.05) is 12.1 Å². The number of primary amides is 1. The largest absolute Gasteiger partial charge is 0.490 e. The molecule has 1 saturated heterocycles. The number of hydrogen-bond donors (Lipinski definition) is 1. The molecule has 1 aliphatic heterocycles. The lowest BCUT2D eigenvalue weighted by Crippen LogP contribution is -2.26. The van der Waals surface area contributed by atoms with Gasteiger partial charge in [-0.2, -0.15) is 0 Å². The first-order chi connectivity index (χ1) is 8.27. The van der Waals surface area contributed by atoms with Crippen molar-refractivity contribution in [2.24, 2.45) is 5.73 Å². The maximum Gasteiger partial charge on any atom is 0.252 e. The van der Waals surface area contributed by atoms with Crippen molar-refractivity contribution < 1.29 is 14.3 Å². The smallest absolute Gasteiger partial charge is 0.252 e. The van der Waals surface area contributed by atoms with E-state index in [-0.39, 0.29) is 6.10 Å². The Morgan fingerprint density at radius 2 is 2.24 bits per heavy atom. The van der Waals surface area contributed by atoms with Crippen LogP contribution in [0.4, 0.5) is 0 Å². The fourth-order valence-corrected chi connectivity index (χ4v) is 1.92. The molecule has 1 amide bonds. The van der Waals surface area contributed by atoms with E-state index in [4.69, 9.17) is 15.2 Å². The Hall–Kier alpha value is -1.55. The molecule has 2 rings (SSSR count). The van der Waals surface area contributed by atoms with Gasteiger partial charge in [0.05, 0.1) is 11.7 Å². The van der Waals surface area contributed by atoms with Gasteiger partial charge in [0.15, 0.2) is 0 Å². The van der Waals surface area contributed by atoms with E-state index in [1.165, 1.54) is 6.42 Å². The normalized spacial score (nSPS) is 19.9. The molecule has 92 valence electrons. The number of ether oxygens (including phenoxy) is 2. The van der Waals surface area contributed by atoms with Crippen molar-refractivity contribution in [3.05, 3.63) is 29.8 Å². The molecular formula is C13H17NO3. The zero-order valence-electron chi connectivity index (χ0n) is 9.72. The average molecular weight is 235 g/mol. The van der Waals surface area contributed by atoms with Crippen molar-refractivity contribution in [1.82, 2.24) is 0 Å². The Morgan fingerprint density at radius 1 is 1.41 bits per heavy atom. The molecule has 0 bridgehead atoms. The minimum atomic E-state index is -0.467. The zero-order valence-corrected chi connectivity index (χ0v) is 9.72. The van der Waals surface area contributed by atoms with E-state index in [1.54, 1.807) is 18.2 Å². The monoisotopic (exact) mass is 235 g/mol. The number of amides is 1. The van der Waals surface area contributed by atoms with Crippen LogP contribution in [0.2, 0.25) is 0 Å². The van der Waals surface area contributed by atoms with Gasteiger partial charge in [0.1, 0.15) is 12.4 Å². The maximum atomic E-state index is 11.2. The maximum absolute atomic E-state index is 11.2. The molecule has 0 aliphatic carbocycles. The van der Waals surface area contributed by atoms with Gasteiger partial charge in [0.2, 0.25) is 0 Å². The highest BCUT2D eigenvalue weighted by atomic mass is 16.5. The van der Waals surface area contributed by atoms with Gasteiger partial charge in [-0.3, -0.25) is 4.79 Å². The quantitative estimate of drug-likeness (QED) is 0.864. The molecule has 1 atom stereocenters. The summed E-state index contributed by atoms with van der Waals surface area (Å²) in [5, 5.41) is 0. The number of carbonyl (C=O) groups is 1. The van der Waals surface area contributed by atoms with E-state index in [9.17, 15) is 4.79 Å². The van der Waals surface area contributed by atoms with Crippen LogP contribution in [0.5, 0.6) is 5.75 Å². The highest BCUT2D eigenvalue weighted by Crippen LogP contribution is 2.19. The molecule has 1 aliphatic rings. The van der Waals surface area contributed by atoms with Crippen molar-refractivity contribution in [3.8, 4) is 5.75 Å². The Labute approximate surface area is 101 Å². The molecule has 2 N–H and O–H groups in total.